The minimum atomic E-state index is -0.513. The molecule has 0 aromatic heterocycles. The van der Waals surface area contributed by atoms with Gasteiger partial charge in [0.05, 0.1) is 25.2 Å². The molecule has 152 valence electrons. The van der Waals surface area contributed by atoms with E-state index in [0.29, 0.717) is 33.3 Å². The first kappa shape index (κ1) is 21.0. The minimum Gasteiger partial charge on any atom is -0.442 e. The Hall–Kier alpha value is -2.75. The molecule has 2 aliphatic rings. The van der Waals surface area contributed by atoms with E-state index in [1.54, 1.807) is 30.3 Å². The maximum absolute atomic E-state index is 12.3. The van der Waals surface area contributed by atoms with Crippen molar-refractivity contribution < 1.29 is 19.1 Å². The molecule has 0 radical (unpaired) electrons. The number of halogens is 1. The summed E-state index contributed by atoms with van der Waals surface area (Å²) in [5.74, 6) is -0.658. The average molecular weight is 435 g/mol. The number of carbonyl (C=O) groups is 3. The summed E-state index contributed by atoms with van der Waals surface area (Å²) in [5, 5.41) is 5.82. The van der Waals surface area contributed by atoms with Gasteiger partial charge in [0, 0.05) is 27.7 Å². The molecule has 1 saturated heterocycles. The van der Waals surface area contributed by atoms with Gasteiger partial charge in [0.25, 0.3) is 5.91 Å². The number of allylic oxidation sites excluding steroid dienone is 3. The van der Waals surface area contributed by atoms with Crippen molar-refractivity contribution in [2.45, 2.75) is 12.5 Å². The molecule has 1 aromatic carbocycles. The maximum atomic E-state index is 12.3. The number of carbonyl (C=O) groups excluding carboxylic acids is 3. The molecular weight excluding hydrogens is 416 g/mol. The van der Waals surface area contributed by atoms with Gasteiger partial charge in [-0.1, -0.05) is 29.9 Å². The number of nitrogens with two attached hydrogens (primary N) is 1. The quantitative estimate of drug-likeness (QED) is 0.589. The summed E-state index contributed by atoms with van der Waals surface area (Å²) in [5.41, 5.74) is 6.80. The lowest BCUT2D eigenvalue weighted by Gasteiger charge is -2.15. The van der Waals surface area contributed by atoms with Crippen LogP contribution in [-0.4, -0.2) is 48.5 Å². The number of amides is 3. The molecule has 0 saturated carbocycles. The Balaban J connectivity index is 1.56. The Morgan fingerprint density at radius 2 is 2.03 bits per heavy atom. The predicted octanol–water partition coefficient (Wildman–Crippen LogP) is 1.85. The van der Waals surface area contributed by atoms with E-state index in [-0.39, 0.29) is 31.4 Å². The first-order valence-corrected chi connectivity index (χ1v) is 9.63. The highest BCUT2D eigenvalue weighted by Gasteiger charge is 2.33. The lowest BCUT2D eigenvalue weighted by atomic mass is 10.0. The summed E-state index contributed by atoms with van der Waals surface area (Å²) >= 11 is 11.1. The number of thiocarbonyl (C=S) groups is 1. The van der Waals surface area contributed by atoms with Crippen molar-refractivity contribution in [3.8, 4) is 0 Å². The Morgan fingerprint density at radius 3 is 2.72 bits per heavy atom. The number of rotatable bonds is 6. The monoisotopic (exact) mass is 434 g/mol. The van der Waals surface area contributed by atoms with Gasteiger partial charge in [-0.3, -0.25) is 14.5 Å². The molecule has 1 aliphatic carbocycles. The molecule has 0 bridgehead atoms. The van der Waals surface area contributed by atoms with Gasteiger partial charge in [0.1, 0.15) is 6.10 Å². The fourth-order valence-corrected chi connectivity index (χ4v) is 3.27. The van der Waals surface area contributed by atoms with E-state index >= 15 is 0 Å². The van der Waals surface area contributed by atoms with E-state index in [1.165, 1.54) is 11.0 Å². The third-order valence-corrected chi connectivity index (χ3v) is 4.97. The van der Waals surface area contributed by atoms with Gasteiger partial charge in [-0.2, -0.15) is 0 Å². The van der Waals surface area contributed by atoms with Gasteiger partial charge in [0.2, 0.25) is 5.91 Å². The number of nitrogens with one attached hydrogen (secondary N) is 2. The highest BCUT2D eigenvalue weighted by Crippen LogP contribution is 2.23. The molecule has 1 aromatic rings. The number of nitrogens with zero attached hydrogens (tertiary/aromatic N) is 1. The number of anilines is 2. The molecular formula is C19H19ClN4O4S. The van der Waals surface area contributed by atoms with Gasteiger partial charge in [0.15, 0.2) is 0 Å². The summed E-state index contributed by atoms with van der Waals surface area (Å²) in [4.78, 5) is 37.8. The zero-order valence-electron chi connectivity index (χ0n) is 15.3. The number of cyclic esters (lactones) is 1. The van der Waals surface area contributed by atoms with E-state index in [1.807, 2.05) is 0 Å². The predicted molar refractivity (Wildman–Crippen MR) is 114 cm³/mol. The fourth-order valence-electron chi connectivity index (χ4n) is 2.85. The molecule has 3 amide bonds. The van der Waals surface area contributed by atoms with E-state index in [9.17, 15) is 14.4 Å². The second-order valence-electron chi connectivity index (χ2n) is 6.40. The summed E-state index contributed by atoms with van der Waals surface area (Å²) in [6, 6.07) is 6.71. The summed E-state index contributed by atoms with van der Waals surface area (Å²) in [6.07, 6.45) is 2.69. The first-order chi connectivity index (χ1) is 13.9. The van der Waals surface area contributed by atoms with E-state index in [4.69, 9.17) is 34.3 Å². The van der Waals surface area contributed by atoms with Crippen LogP contribution in [0.25, 0.3) is 0 Å². The smallest absolute Gasteiger partial charge is 0.414 e. The van der Waals surface area contributed by atoms with Crippen molar-refractivity contribution in [1.29, 1.82) is 0 Å². The average Bonchev–Trinajstić information content (AvgIpc) is 3.09. The van der Waals surface area contributed by atoms with Crippen molar-refractivity contribution in [1.82, 2.24) is 5.32 Å². The molecule has 8 nitrogen and oxygen atoms in total. The first-order valence-electron chi connectivity index (χ1n) is 8.84. The Labute approximate surface area is 177 Å². The van der Waals surface area contributed by atoms with Crippen LogP contribution in [0.2, 0.25) is 0 Å². The zero-order valence-corrected chi connectivity index (χ0v) is 16.9. The molecule has 29 heavy (non-hydrogen) atoms. The van der Waals surface area contributed by atoms with Crippen LogP contribution >= 0.6 is 23.8 Å². The Morgan fingerprint density at radius 1 is 1.31 bits per heavy atom. The van der Waals surface area contributed by atoms with E-state index in [2.05, 4.69) is 10.6 Å². The standard InChI is InChI=1S/C19H19ClN4O4S/c20-11-1-6-16(29)15(7-11)18(26)22-9-14-10-24(19(27)28-14)13-4-2-12(3-5-13)23-17(25)8-21/h1-5,7,14H,6,8-10,21H2,(H,22,26)(H,23,25). The van der Waals surface area contributed by atoms with Crippen molar-refractivity contribution in [2.24, 2.45) is 5.73 Å². The Bertz CT molecular complexity index is 913. The molecule has 1 unspecified atom stereocenters. The number of hydrogen-bond donors (Lipinski definition) is 3. The second-order valence-corrected chi connectivity index (χ2v) is 7.33. The lowest BCUT2D eigenvalue weighted by molar-refractivity contribution is -0.117. The topological polar surface area (TPSA) is 114 Å². The third kappa shape index (κ3) is 5.20. The highest BCUT2D eigenvalue weighted by molar-refractivity contribution is 7.81. The number of hydrogen-bond acceptors (Lipinski definition) is 6. The van der Waals surface area contributed by atoms with E-state index < -0.39 is 12.2 Å². The van der Waals surface area contributed by atoms with Crippen LogP contribution in [0.4, 0.5) is 16.2 Å². The largest absolute Gasteiger partial charge is 0.442 e. The summed E-state index contributed by atoms with van der Waals surface area (Å²) < 4.78 is 5.32. The maximum Gasteiger partial charge on any atom is 0.414 e. The Kier molecular flexibility index (Phi) is 6.63. The molecule has 3 rings (SSSR count). The lowest BCUT2D eigenvalue weighted by Crippen LogP contribution is -2.36. The second kappa shape index (κ2) is 9.17. The van der Waals surface area contributed by atoms with Crippen molar-refractivity contribution in [3.05, 3.63) is 47.0 Å². The minimum absolute atomic E-state index is 0.113. The summed E-state index contributed by atoms with van der Waals surface area (Å²) in [6.45, 7) is 0.308. The fraction of sp³-hybridized carbons (Fsp3) is 0.263. The molecule has 1 heterocycles. The van der Waals surface area contributed by atoms with Crippen molar-refractivity contribution >= 4 is 58.0 Å². The van der Waals surface area contributed by atoms with Crippen molar-refractivity contribution in [2.75, 3.05) is 29.9 Å². The van der Waals surface area contributed by atoms with Crippen LogP contribution in [0.1, 0.15) is 6.42 Å². The molecule has 10 heteroatoms. The summed E-state index contributed by atoms with van der Waals surface area (Å²) in [7, 11) is 0. The van der Waals surface area contributed by atoms with Gasteiger partial charge in [-0.15, -0.1) is 0 Å². The van der Waals surface area contributed by atoms with Crippen LogP contribution in [0.3, 0.4) is 0 Å². The van der Waals surface area contributed by atoms with Gasteiger partial charge in [-0.05, 0) is 30.3 Å². The van der Waals surface area contributed by atoms with Crippen LogP contribution in [0.5, 0.6) is 0 Å². The van der Waals surface area contributed by atoms with Crippen LogP contribution in [0, 0.1) is 0 Å². The molecule has 1 aliphatic heterocycles. The number of ether oxygens (including phenoxy) is 1. The van der Waals surface area contributed by atoms with Crippen LogP contribution in [0.15, 0.2) is 47.0 Å². The number of benzene rings is 1. The van der Waals surface area contributed by atoms with Gasteiger partial charge >= 0.3 is 6.09 Å². The zero-order chi connectivity index (χ0) is 21.0. The van der Waals surface area contributed by atoms with Gasteiger partial charge < -0.3 is 21.1 Å². The molecule has 1 fully saturated rings. The molecule has 1 atom stereocenters. The van der Waals surface area contributed by atoms with Crippen LogP contribution in [-0.2, 0) is 14.3 Å². The third-order valence-electron chi connectivity index (χ3n) is 4.32. The van der Waals surface area contributed by atoms with Crippen LogP contribution < -0.4 is 21.3 Å². The molecule has 0 spiro atoms. The highest BCUT2D eigenvalue weighted by atomic mass is 35.5. The van der Waals surface area contributed by atoms with E-state index in [0.717, 1.165) is 0 Å². The SMILES string of the molecule is NCC(=O)Nc1ccc(N2CC(CNC(=O)C3=CC(Cl)=CCC3=S)OC2=O)cc1. The normalized spacial score (nSPS) is 18.7. The van der Waals surface area contributed by atoms with Gasteiger partial charge in [-0.25, -0.2) is 4.79 Å². The molecule has 4 N–H and O–H groups in total. The van der Waals surface area contributed by atoms with Crippen molar-refractivity contribution in [3.63, 3.8) is 0 Å².